The largest absolute Gasteiger partial charge is 0.494 e. The van der Waals surface area contributed by atoms with Gasteiger partial charge in [0.1, 0.15) is 6.61 Å². The minimum atomic E-state index is -0.789. The van der Waals surface area contributed by atoms with Crippen molar-refractivity contribution in [2.45, 2.75) is 6.92 Å². The number of halogens is 1. The third-order valence-electron chi connectivity index (χ3n) is 2.22. The third kappa shape index (κ3) is 3.56. The summed E-state index contributed by atoms with van der Waals surface area (Å²) in [4.78, 5) is 10.1. The predicted octanol–water partition coefficient (Wildman–Crippen LogP) is 1.73. The van der Waals surface area contributed by atoms with Crippen molar-refractivity contribution >= 4 is 5.69 Å². The maximum Gasteiger partial charge on any atom is 0.314 e. The quantitative estimate of drug-likeness (QED) is 0.458. The lowest BCUT2D eigenvalue weighted by Gasteiger charge is -2.09. The number of ether oxygens (including phenoxy) is 2. The zero-order valence-electron chi connectivity index (χ0n) is 10.2. The number of benzene rings is 1. The van der Waals surface area contributed by atoms with Gasteiger partial charge in [0.15, 0.2) is 11.6 Å². The fourth-order valence-electron chi connectivity index (χ4n) is 1.35. The SMILES string of the molecule is CCNCCOc1cc(OC)c(F)cc1[N+](=O)[O-]. The Bertz CT molecular complexity index is 426. The van der Waals surface area contributed by atoms with Crippen molar-refractivity contribution in [2.75, 3.05) is 26.8 Å². The molecule has 1 rings (SSSR count). The Labute approximate surface area is 104 Å². The van der Waals surface area contributed by atoms with Gasteiger partial charge in [-0.1, -0.05) is 6.92 Å². The van der Waals surface area contributed by atoms with Crippen LogP contribution in [0.3, 0.4) is 0 Å². The molecular formula is C11H15FN2O4. The lowest BCUT2D eigenvalue weighted by atomic mass is 10.2. The molecule has 0 radical (unpaired) electrons. The van der Waals surface area contributed by atoms with Crippen LogP contribution in [0.25, 0.3) is 0 Å². The van der Waals surface area contributed by atoms with Crippen molar-refractivity contribution < 1.29 is 18.8 Å². The molecule has 0 unspecified atom stereocenters. The number of nitrogens with one attached hydrogen (secondary N) is 1. The molecule has 0 heterocycles. The number of hydrogen-bond acceptors (Lipinski definition) is 5. The molecule has 0 amide bonds. The summed E-state index contributed by atoms with van der Waals surface area (Å²) < 4.78 is 23.3. The first kappa shape index (κ1) is 14.2. The number of nitro benzene ring substituents is 1. The normalized spacial score (nSPS) is 10.2. The van der Waals surface area contributed by atoms with Crippen LogP contribution < -0.4 is 14.8 Å². The molecule has 0 aliphatic carbocycles. The Morgan fingerprint density at radius 2 is 2.17 bits per heavy atom. The van der Waals surface area contributed by atoms with Crippen LogP contribution >= 0.6 is 0 Å². The molecule has 0 aromatic heterocycles. The number of rotatable bonds is 7. The molecule has 0 aliphatic rings. The van der Waals surface area contributed by atoms with Crippen LogP contribution in [-0.4, -0.2) is 31.7 Å². The Morgan fingerprint density at radius 3 is 2.72 bits per heavy atom. The van der Waals surface area contributed by atoms with Crippen LogP contribution in [0.4, 0.5) is 10.1 Å². The van der Waals surface area contributed by atoms with Gasteiger partial charge in [-0.25, -0.2) is 4.39 Å². The van der Waals surface area contributed by atoms with E-state index in [1.54, 1.807) is 0 Å². The summed E-state index contributed by atoms with van der Waals surface area (Å²) in [5.74, 6) is -0.876. The number of hydrogen-bond donors (Lipinski definition) is 1. The summed E-state index contributed by atoms with van der Waals surface area (Å²) in [5, 5.41) is 13.8. The van der Waals surface area contributed by atoms with Crippen molar-refractivity contribution in [1.82, 2.24) is 5.32 Å². The van der Waals surface area contributed by atoms with Crippen LogP contribution in [-0.2, 0) is 0 Å². The molecule has 100 valence electrons. The molecule has 0 saturated heterocycles. The van der Waals surface area contributed by atoms with Crippen molar-refractivity contribution in [1.29, 1.82) is 0 Å². The molecule has 6 nitrogen and oxygen atoms in total. The third-order valence-corrected chi connectivity index (χ3v) is 2.22. The molecule has 0 spiro atoms. The highest BCUT2D eigenvalue weighted by Crippen LogP contribution is 2.33. The van der Waals surface area contributed by atoms with E-state index < -0.39 is 16.4 Å². The van der Waals surface area contributed by atoms with E-state index in [0.29, 0.717) is 6.54 Å². The monoisotopic (exact) mass is 258 g/mol. The van der Waals surface area contributed by atoms with Crippen LogP contribution in [0, 0.1) is 15.9 Å². The van der Waals surface area contributed by atoms with Gasteiger partial charge in [-0.05, 0) is 6.54 Å². The second-order valence-corrected chi connectivity index (χ2v) is 3.41. The summed E-state index contributed by atoms with van der Waals surface area (Å²) in [5.41, 5.74) is -0.412. The van der Waals surface area contributed by atoms with E-state index in [2.05, 4.69) is 5.32 Å². The molecule has 1 N–H and O–H groups in total. The van der Waals surface area contributed by atoms with Crippen LogP contribution in [0.5, 0.6) is 11.5 Å². The van der Waals surface area contributed by atoms with Crippen molar-refractivity contribution in [3.8, 4) is 11.5 Å². The Balaban J connectivity index is 2.88. The Kier molecular flexibility index (Phi) is 5.31. The molecule has 18 heavy (non-hydrogen) atoms. The summed E-state index contributed by atoms with van der Waals surface area (Å²) in [7, 11) is 1.28. The maximum atomic E-state index is 13.3. The highest BCUT2D eigenvalue weighted by molar-refractivity contribution is 5.51. The van der Waals surface area contributed by atoms with Crippen molar-refractivity contribution in [3.63, 3.8) is 0 Å². The average molecular weight is 258 g/mol. The highest BCUT2D eigenvalue weighted by atomic mass is 19.1. The summed E-state index contributed by atoms with van der Waals surface area (Å²) in [6.45, 7) is 3.51. The number of nitro groups is 1. The zero-order valence-corrected chi connectivity index (χ0v) is 10.2. The van der Waals surface area contributed by atoms with Gasteiger partial charge in [0, 0.05) is 12.6 Å². The van der Waals surface area contributed by atoms with Crippen molar-refractivity contribution in [2.24, 2.45) is 0 Å². The molecule has 1 aromatic carbocycles. The van der Waals surface area contributed by atoms with Gasteiger partial charge >= 0.3 is 5.69 Å². The predicted molar refractivity (Wildman–Crippen MR) is 63.6 cm³/mol. The van der Waals surface area contributed by atoms with Gasteiger partial charge in [-0.15, -0.1) is 0 Å². The van der Waals surface area contributed by atoms with Crippen LogP contribution in [0.1, 0.15) is 6.92 Å². The van der Waals surface area contributed by atoms with Crippen LogP contribution in [0.2, 0.25) is 0 Å². The van der Waals surface area contributed by atoms with Crippen molar-refractivity contribution in [3.05, 3.63) is 28.1 Å². The second-order valence-electron chi connectivity index (χ2n) is 3.41. The van der Waals surface area contributed by atoms with Gasteiger partial charge in [0.25, 0.3) is 0 Å². The topological polar surface area (TPSA) is 73.6 Å². The molecule has 0 atom stereocenters. The summed E-state index contributed by atoms with van der Waals surface area (Å²) >= 11 is 0. The molecule has 7 heteroatoms. The lowest BCUT2D eigenvalue weighted by molar-refractivity contribution is -0.386. The van der Waals surface area contributed by atoms with Gasteiger partial charge < -0.3 is 14.8 Å². The zero-order chi connectivity index (χ0) is 13.5. The smallest absolute Gasteiger partial charge is 0.314 e. The van der Waals surface area contributed by atoms with E-state index in [1.807, 2.05) is 6.92 Å². The molecular weight excluding hydrogens is 243 g/mol. The van der Waals surface area contributed by atoms with Crippen LogP contribution in [0.15, 0.2) is 12.1 Å². The molecule has 0 saturated carbocycles. The minimum absolute atomic E-state index is 0.00356. The van der Waals surface area contributed by atoms with Gasteiger partial charge in [-0.3, -0.25) is 10.1 Å². The maximum absolute atomic E-state index is 13.3. The Morgan fingerprint density at radius 1 is 1.44 bits per heavy atom. The van der Waals surface area contributed by atoms with E-state index in [9.17, 15) is 14.5 Å². The summed E-state index contributed by atoms with van der Waals surface area (Å²) in [6, 6.07) is 1.97. The number of nitrogens with zero attached hydrogens (tertiary/aromatic N) is 1. The first-order valence-corrected chi connectivity index (χ1v) is 5.45. The van der Waals surface area contributed by atoms with E-state index in [1.165, 1.54) is 13.2 Å². The van der Waals surface area contributed by atoms with E-state index >= 15 is 0 Å². The van der Waals surface area contributed by atoms with E-state index in [-0.39, 0.29) is 18.1 Å². The van der Waals surface area contributed by atoms with Gasteiger partial charge in [-0.2, -0.15) is 0 Å². The molecule has 1 aromatic rings. The average Bonchev–Trinajstić information content (AvgIpc) is 2.35. The number of likely N-dealkylation sites (N-methyl/N-ethyl adjacent to an activating group) is 1. The van der Waals surface area contributed by atoms with Gasteiger partial charge in [0.05, 0.1) is 18.1 Å². The second kappa shape index (κ2) is 6.75. The first-order valence-electron chi connectivity index (χ1n) is 5.45. The van der Waals surface area contributed by atoms with E-state index in [4.69, 9.17) is 9.47 Å². The summed E-state index contributed by atoms with van der Waals surface area (Å²) in [6.07, 6.45) is 0. The molecule has 0 aliphatic heterocycles. The molecule has 0 bridgehead atoms. The minimum Gasteiger partial charge on any atom is -0.494 e. The van der Waals surface area contributed by atoms with Gasteiger partial charge in [0.2, 0.25) is 5.75 Å². The molecule has 0 fully saturated rings. The number of methoxy groups -OCH3 is 1. The Hall–Kier alpha value is -1.89. The first-order chi connectivity index (χ1) is 8.60. The standard InChI is InChI=1S/C11H15FN2O4/c1-3-13-4-5-18-11-7-10(17-2)8(12)6-9(11)14(15)16/h6-7,13H,3-5H2,1-2H3. The highest BCUT2D eigenvalue weighted by Gasteiger charge is 2.20. The fraction of sp³-hybridized carbons (Fsp3) is 0.455. The van der Waals surface area contributed by atoms with E-state index in [0.717, 1.165) is 12.6 Å². The fourth-order valence-corrected chi connectivity index (χ4v) is 1.35. The lowest BCUT2D eigenvalue weighted by Crippen LogP contribution is -2.20.